The molecule has 27 heavy (non-hydrogen) atoms. The highest BCUT2D eigenvalue weighted by Crippen LogP contribution is 2.40. The molecule has 1 aliphatic heterocycles. The first-order chi connectivity index (χ1) is 13.0. The molecule has 1 saturated heterocycles. The number of aliphatic hydroxyl groups excluding tert-OH is 1. The van der Waals surface area contributed by atoms with E-state index >= 15 is 0 Å². The molecule has 0 aliphatic carbocycles. The molecule has 2 aromatic carbocycles. The predicted molar refractivity (Wildman–Crippen MR) is 104 cm³/mol. The number of carbonyl (C=O) groups is 2. The summed E-state index contributed by atoms with van der Waals surface area (Å²) in [7, 11) is 1.55. The second-order valence-corrected chi connectivity index (χ2v) is 6.71. The Kier molecular flexibility index (Phi) is 5.51. The molecule has 1 amide bonds. The second kappa shape index (κ2) is 7.84. The minimum atomic E-state index is -0.691. The van der Waals surface area contributed by atoms with E-state index in [0.717, 1.165) is 0 Å². The van der Waals surface area contributed by atoms with Gasteiger partial charge in [0.25, 0.3) is 11.7 Å². The number of ether oxygens (including phenoxy) is 1. The standard InChI is InChI=1S/C21H20ClNO4/c1-3-11-23-18(14-5-4-6-16(12-14)27-2)17(20(25)21(23)26)19(24)13-7-9-15(22)10-8-13/h4-10,12,18,24H,3,11H2,1-2H3/b19-17-. The number of likely N-dealkylation sites (tertiary alicyclic amines) is 1. The van der Waals surface area contributed by atoms with Crippen molar-refractivity contribution in [3.8, 4) is 5.75 Å². The quantitative estimate of drug-likeness (QED) is 0.476. The summed E-state index contributed by atoms with van der Waals surface area (Å²) < 4.78 is 5.28. The fourth-order valence-corrected chi connectivity index (χ4v) is 3.40. The minimum Gasteiger partial charge on any atom is -0.507 e. The Morgan fingerprint density at radius 2 is 1.89 bits per heavy atom. The van der Waals surface area contributed by atoms with Crippen LogP contribution in [0.1, 0.15) is 30.5 Å². The number of halogens is 1. The van der Waals surface area contributed by atoms with Crippen LogP contribution in [-0.2, 0) is 9.59 Å². The summed E-state index contributed by atoms with van der Waals surface area (Å²) in [4.78, 5) is 26.9. The lowest BCUT2D eigenvalue weighted by molar-refractivity contribution is -0.139. The molecule has 0 bridgehead atoms. The zero-order chi connectivity index (χ0) is 19.6. The lowest BCUT2D eigenvalue weighted by Gasteiger charge is -2.25. The van der Waals surface area contributed by atoms with E-state index in [4.69, 9.17) is 16.3 Å². The third kappa shape index (κ3) is 3.55. The van der Waals surface area contributed by atoms with Gasteiger partial charge in [-0.2, -0.15) is 0 Å². The van der Waals surface area contributed by atoms with Crippen LogP contribution >= 0.6 is 11.6 Å². The first-order valence-electron chi connectivity index (χ1n) is 8.66. The van der Waals surface area contributed by atoms with Crippen LogP contribution in [0, 0.1) is 0 Å². The van der Waals surface area contributed by atoms with Gasteiger partial charge in [0.05, 0.1) is 18.7 Å². The summed E-state index contributed by atoms with van der Waals surface area (Å²) in [6.45, 7) is 2.34. The number of hydrogen-bond acceptors (Lipinski definition) is 4. The molecule has 0 spiro atoms. The maximum Gasteiger partial charge on any atom is 0.295 e. The SMILES string of the molecule is CCCN1C(=O)C(=O)/C(=C(\O)c2ccc(Cl)cc2)C1c1cccc(OC)c1. The van der Waals surface area contributed by atoms with Gasteiger partial charge in [0.2, 0.25) is 0 Å². The number of methoxy groups -OCH3 is 1. The molecule has 1 heterocycles. The van der Waals surface area contributed by atoms with E-state index in [1.165, 1.54) is 4.90 Å². The zero-order valence-corrected chi connectivity index (χ0v) is 15.9. The van der Waals surface area contributed by atoms with Crippen molar-refractivity contribution in [2.24, 2.45) is 0 Å². The van der Waals surface area contributed by atoms with Crippen LogP contribution in [0.4, 0.5) is 0 Å². The Balaban J connectivity index is 2.18. The van der Waals surface area contributed by atoms with Crippen molar-refractivity contribution < 1.29 is 19.4 Å². The van der Waals surface area contributed by atoms with Crippen LogP contribution in [0.3, 0.4) is 0 Å². The molecule has 1 aliphatic rings. The lowest BCUT2D eigenvalue weighted by Crippen LogP contribution is -2.30. The molecule has 3 rings (SSSR count). The fraction of sp³-hybridized carbons (Fsp3) is 0.238. The molecular formula is C21H20ClNO4. The molecule has 1 atom stereocenters. The number of amides is 1. The molecule has 6 heteroatoms. The minimum absolute atomic E-state index is 0.0732. The first-order valence-corrected chi connectivity index (χ1v) is 9.04. The smallest absolute Gasteiger partial charge is 0.295 e. The third-order valence-electron chi connectivity index (χ3n) is 4.53. The highest BCUT2D eigenvalue weighted by Gasteiger charge is 2.45. The molecule has 0 saturated carbocycles. The van der Waals surface area contributed by atoms with Crippen molar-refractivity contribution in [3.05, 3.63) is 70.3 Å². The molecular weight excluding hydrogens is 366 g/mol. The Bertz CT molecular complexity index is 905. The number of rotatable bonds is 5. The van der Waals surface area contributed by atoms with E-state index in [2.05, 4.69) is 0 Å². The van der Waals surface area contributed by atoms with Crippen molar-refractivity contribution >= 4 is 29.1 Å². The van der Waals surface area contributed by atoms with E-state index in [1.807, 2.05) is 13.0 Å². The van der Waals surface area contributed by atoms with Crippen LogP contribution in [0.2, 0.25) is 5.02 Å². The molecule has 1 fully saturated rings. The van der Waals surface area contributed by atoms with Crippen LogP contribution in [0.5, 0.6) is 5.75 Å². The highest BCUT2D eigenvalue weighted by molar-refractivity contribution is 6.46. The van der Waals surface area contributed by atoms with Gasteiger partial charge < -0.3 is 14.7 Å². The van der Waals surface area contributed by atoms with Crippen molar-refractivity contribution in [2.75, 3.05) is 13.7 Å². The number of aliphatic hydroxyl groups is 1. The van der Waals surface area contributed by atoms with Gasteiger partial charge in [-0.3, -0.25) is 9.59 Å². The Morgan fingerprint density at radius 1 is 1.19 bits per heavy atom. The van der Waals surface area contributed by atoms with Crippen LogP contribution in [0.15, 0.2) is 54.1 Å². The summed E-state index contributed by atoms with van der Waals surface area (Å²) in [6.07, 6.45) is 0.689. The van der Waals surface area contributed by atoms with Crippen LogP contribution in [-0.4, -0.2) is 35.4 Å². The predicted octanol–water partition coefficient (Wildman–Crippen LogP) is 4.18. The maximum atomic E-state index is 12.7. The zero-order valence-electron chi connectivity index (χ0n) is 15.1. The summed E-state index contributed by atoms with van der Waals surface area (Å²) >= 11 is 5.91. The largest absolute Gasteiger partial charge is 0.507 e. The number of ketones is 1. The van der Waals surface area contributed by atoms with E-state index in [9.17, 15) is 14.7 Å². The normalized spacial score (nSPS) is 18.8. The third-order valence-corrected chi connectivity index (χ3v) is 4.78. The monoisotopic (exact) mass is 385 g/mol. The van der Waals surface area contributed by atoms with Crippen LogP contribution < -0.4 is 4.74 Å². The average molecular weight is 386 g/mol. The van der Waals surface area contributed by atoms with Crippen molar-refractivity contribution in [1.29, 1.82) is 0 Å². The van der Waals surface area contributed by atoms with Gasteiger partial charge in [-0.15, -0.1) is 0 Å². The summed E-state index contributed by atoms with van der Waals surface area (Å²) in [5, 5.41) is 11.4. The number of carbonyl (C=O) groups excluding carboxylic acids is 2. The van der Waals surface area contributed by atoms with E-state index in [1.54, 1.807) is 49.6 Å². The first kappa shape index (κ1) is 19.0. The highest BCUT2D eigenvalue weighted by atomic mass is 35.5. The van der Waals surface area contributed by atoms with Crippen molar-refractivity contribution in [2.45, 2.75) is 19.4 Å². The van der Waals surface area contributed by atoms with E-state index in [-0.39, 0.29) is 11.3 Å². The van der Waals surface area contributed by atoms with Gasteiger partial charge in [-0.1, -0.05) is 30.7 Å². The van der Waals surface area contributed by atoms with Gasteiger partial charge in [-0.05, 0) is 48.4 Å². The Labute approximate surface area is 162 Å². The van der Waals surface area contributed by atoms with Gasteiger partial charge in [-0.25, -0.2) is 0 Å². The van der Waals surface area contributed by atoms with Crippen molar-refractivity contribution in [1.82, 2.24) is 4.90 Å². The summed E-state index contributed by atoms with van der Waals surface area (Å²) in [6, 6.07) is 13.0. The Morgan fingerprint density at radius 3 is 2.52 bits per heavy atom. The molecule has 0 aromatic heterocycles. The van der Waals surface area contributed by atoms with Gasteiger partial charge in [0, 0.05) is 17.1 Å². The molecule has 1 unspecified atom stereocenters. The Hall–Kier alpha value is -2.79. The average Bonchev–Trinajstić information content (AvgIpc) is 2.93. The van der Waals surface area contributed by atoms with Crippen molar-refractivity contribution in [3.63, 3.8) is 0 Å². The molecule has 1 N–H and O–H groups in total. The van der Waals surface area contributed by atoms with E-state index in [0.29, 0.717) is 34.9 Å². The lowest BCUT2D eigenvalue weighted by atomic mass is 9.95. The number of Topliss-reactive ketones (excluding diaryl/α,β-unsaturated/α-hetero) is 1. The van der Waals surface area contributed by atoms with Crippen LogP contribution in [0.25, 0.3) is 5.76 Å². The number of nitrogens with zero attached hydrogens (tertiary/aromatic N) is 1. The van der Waals surface area contributed by atoms with Gasteiger partial charge in [0.1, 0.15) is 11.5 Å². The molecule has 5 nitrogen and oxygen atoms in total. The maximum absolute atomic E-state index is 12.7. The number of hydrogen-bond donors (Lipinski definition) is 1. The topological polar surface area (TPSA) is 66.8 Å². The summed E-state index contributed by atoms with van der Waals surface area (Å²) in [5.41, 5.74) is 1.21. The van der Waals surface area contributed by atoms with E-state index < -0.39 is 17.7 Å². The second-order valence-electron chi connectivity index (χ2n) is 6.28. The summed E-state index contributed by atoms with van der Waals surface area (Å²) in [5.74, 6) is -0.901. The molecule has 140 valence electrons. The molecule has 0 radical (unpaired) electrons. The fourth-order valence-electron chi connectivity index (χ4n) is 3.27. The molecule has 2 aromatic rings. The van der Waals surface area contributed by atoms with Gasteiger partial charge >= 0.3 is 0 Å². The number of benzene rings is 2. The van der Waals surface area contributed by atoms with Gasteiger partial charge in [0.15, 0.2) is 0 Å².